The summed E-state index contributed by atoms with van der Waals surface area (Å²) in [6, 6.07) is 0. The number of allylic oxidation sites excluding steroid dienone is 2. The third-order valence-corrected chi connectivity index (χ3v) is 1.43. The van der Waals surface area contributed by atoms with Crippen molar-refractivity contribution < 1.29 is 9.53 Å². The number of hydrogen-bond acceptors (Lipinski definition) is 2. The monoisotopic (exact) mass is 126 g/mol. The molecule has 0 radical (unpaired) electrons. The van der Waals surface area contributed by atoms with Crippen LogP contribution in [0.5, 0.6) is 0 Å². The van der Waals surface area contributed by atoms with Crippen LogP contribution in [0.25, 0.3) is 0 Å². The summed E-state index contributed by atoms with van der Waals surface area (Å²) in [7, 11) is 1.60. The normalized spacial score (nSPS) is 19.2. The van der Waals surface area contributed by atoms with Crippen LogP contribution in [-0.4, -0.2) is 12.9 Å². The molecular weight excluding hydrogens is 116 g/mol. The van der Waals surface area contributed by atoms with Crippen molar-refractivity contribution in [1.82, 2.24) is 0 Å². The fourth-order valence-electron chi connectivity index (χ4n) is 0.922. The van der Waals surface area contributed by atoms with E-state index in [1.54, 1.807) is 13.2 Å². The molecule has 1 aliphatic rings. The van der Waals surface area contributed by atoms with E-state index >= 15 is 0 Å². The first kappa shape index (κ1) is 6.33. The predicted octanol–water partition coefficient (Wildman–Crippen LogP) is 1.27. The summed E-state index contributed by atoms with van der Waals surface area (Å²) in [6.45, 7) is 0. The second-order valence-corrected chi connectivity index (χ2v) is 2.13. The molecule has 0 bridgehead atoms. The Morgan fingerprint density at radius 1 is 1.56 bits per heavy atom. The third kappa shape index (κ3) is 1.56. The number of rotatable bonds is 1. The molecule has 0 amide bonds. The molecule has 0 heterocycles. The molecule has 2 nitrogen and oxygen atoms in total. The van der Waals surface area contributed by atoms with Gasteiger partial charge in [-0.25, -0.2) is 0 Å². The van der Waals surface area contributed by atoms with Gasteiger partial charge in [0.15, 0.2) is 5.78 Å². The Morgan fingerprint density at radius 2 is 2.33 bits per heavy atom. The zero-order chi connectivity index (χ0) is 6.69. The summed E-state index contributed by atoms with van der Waals surface area (Å²) < 4.78 is 4.90. The lowest BCUT2D eigenvalue weighted by Crippen LogP contribution is -2.03. The second-order valence-electron chi connectivity index (χ2n) is 2.13. The number of carbonyl (C=O) groups is 1. The fourth-order valence-corrected chi connectivity index (χ4v) is 0.922. The second kappa shape index (κ2) is 2.67. The van der Waals surface area contributed by atoms with Crippen LogP contribution in [0.15, 0.2) is 11.8 Å². The Morgan fingerprint density at radius 3 is 2.78 bits per heavy atom. The van der Waals surface area contributed by atoms with Gasteiger partial charge >= 0.3 is 0 Å². The summed E-state index contributed by atoms with van der Waals surface area (Å²) in [4.78, 5) is 10.7. The van der Waals surface area contributed by atoms with Gasteiger partial charge in [-0.1, -0.05) is 0 Å². The first-order valence-electron chi connectivity index (χ1n) is 3.10. The number of methoxy groups -OCH3 is 1. The first-order chi connectivity index (χ1) is 4.33. The molecule has 2 heteroatoms. The quantitative estimate of drug-likeness (QED) is 0.529. The van der Waals surface area contributed by atoms with Gasteiger partial charge in [0, 0.05) is 18.9 Å². The van der Waals surface area contributed by atoms with Gasteiger partial charge < -0.3 is 4.74 Å². The highest BCUT2D eigenvalue weighted by molar-refractivity contribution is 5.90. The molecule has 50 valence electrons. The smallest absolute Gasteiger partial charge is 0.159 e. The lowest BCUT2D eigenvalue weighted by Gasteiger charge is -2.08. The Bertz CT molecular complexity index is 147. The first-order valence-corrected chi connectivity index (χ1v) is 3.10. The van der Waals surface area contributed by atoms with Gasteiger partial charge in [-0.05, 0) is 6.42 Å². The van der Waals surface area contributed by atoms with E-state index in [4.69, 9.17) is 4.74 Å². The zero-order valence-corrected chi connectivity index (χ0v) is 5.52. The topological polar surface area (TPSA) is 26.3 Å². The van der Waals surface area contributed by atoms with E-state index in [0.717, 1.165) is 18.6 Å². The molecule has 0 saturated heterocycles. The Kier molecular flexibility index (Phi) is 1.88. The average molecular weight is 126 g/mol. The van der Waals surface area contributed by atoms with Crippen molar-refractivity contribution in [3.8, 4) is 0 Å². The fraction of sp³-hybridized carbons (Fsp3) is 0.571. The van der Waals surface area contributed by atoms with Crippen molar-refractivity contribution in [2.75, 3.05) is 7.11 Å². The number of hydrogen-bond donors (Lipinski definition) is 0. The van der Waals surface area contributed by atoms with E-state index in [2.05, 4.69) is 0 Å². The van der Waals surface area contributed by atoms with Crippen molar-refractivity contribution in [3.63, 3.8) is 0 Å². The van der Waals surface area contributed by atoms with Crippen molar-refractivity contribution in [2.45, 2.75) is 19.3 Å². The SMILES string of the molecule is COC1=CC(=O)CCC1. The van der Waals surface area contributed by atoms with Crippen LogP contribution in [-0.2, 0) is 9.53 Å². The molecule has 0 aromatic carbocycles. The summed E-state index contributed by atoms with van der Waals surface area (Å²) in [5.74, 6) is 1.02. The van der Waals surface area contributed by atoms with Crippen molar-refractivity contribution in [2.24, 2.45) is 0 Å². The number of ketones is 1. The lowest BCUT2D eigenvalue weighted by atomic mass is 10.1. The maximum Gasteiger partial charge on any atom is 0.159 e. The van der Waals surface area contributed by atoms with Crippen molar-refractivity contribution >= 4 is 5.78 Å². The molecule has 0 fully saturated rings. The van der Waals surface area contributed by atoms with E-state index in [-0.39, 0.29) is 5.78 Å². The van der Waals surface area contributed by atoms with Crippen LogP contribution in [0.4, 0.5) is 0 Å². The van der Waals surface area contributed by atoms with E-state index < -0.39 is 0 Å². The van der Waals surface area contributed by atoms with Gasteiger partial charge in [-0.15, -0.1) is 0 Å². The minimum atomic E-state index is 0.193. The minimum absolute atomic E-state index is 0.193. The van der Waals surface area contributed by atoms with Gasteiger partial charge in [-0.2, -0.15) is 0 Å². The van der Waals surface area contributed by atoms with Crippen LogP contribution < -0.4 is 0 Å². The third-order valence-electron chi connectivity index (χ3n) is 1.43. The van der Waals surface area contributed by atoms with Gasteiger partial charge in [0.05, 0.1) is 12.9 Å². The van der Waals surface area contributed by atoms with E-state index in [9.17, 15) is 4.79 Å². The van der Waals surface area contributed by atoms with Gasteiger partial charge in [-0.3, -0.25) is 4.79 Å². The lowest BCUT2D eigenvalue weighted by molar-refractivity contribution is -0.115. The maximum absolute atomic E-state index is 10.7. The van der Waals surface area contributed by atoms with Crippen LogP contribution in [0.2, 0.25) is 0 Å². The molecule has 9 heavy (non-hydrogen) atoms. The Balaban J connectivity index is 2.59. The zero-order valence-electron chi connectivity index (χ0n) is 5.52. The predicted molar refractivity (Wildman–Crippen MR) is 33.9 cm³/mol. The molecule has 0 saturated carbocycles. The van der Waals surface area contributed by atoms with Crippen LogP contribution in [0.1, 0.15) is 19.3 Å². The summed E-state index contributed by atoms with van der Waals surface area (Å²) in [5, 5.41) is 0. The van der Waals surface area contributed by atoms with Crippen molar-refractivity contribution in [3.05, 3.63) is 11.8 Å². The van der Waals surface area contributed by atoms with Gasteiger partial charge in [0.2, 0.25) is 0 Å². The average Bonchev–Trinajstić information content (AvgIpc) is 1.88. The van der Waals surface area contributed by atoms with Crippen LogP contribution in [0, 0.1) is 0 Å². The van der Waals surface area contributed by atoms with Gasteiger partial charge in [0.1, 0.15) is 0 Å². The standard InChI is InChI=1S/C7H10O2/c1-9-7-4-2-3-6(8)5-7/h5H,2-4H2,1H3. The Labute approximate surface area is 54.5 Å². The highest BCUT2D eigenvalue weighted by atomic mass is 16.5. The van der Waals surface area contributed by atoms with E-state index in [1.807, 2.05) is 0 Å². The van der Waals surface area contributed by atoms with Crippen LogP contribution in [0.3, 0.4) is 0 Å². The molecular formula is C7H10O2. The highest BCUT2D eigenvalue weighted by Gasteiger charge is 2.08. The molecule has 1 aliphatic carbocycles. The molecule has 0 aliphatic heterocycles. The van der Waals surface area contributed by atoms with Crippen molar-refractivity contribution in [1.29, 1.82) is 0 Å². The summed E-state index contributed by atoms with van der Waals surface area (Å²) in [6.07, 6.45) is 4.14. The maximum atomic E-state index is 10.7. The Hall–Kier alpha value is -0.790. The molecule has 1 rings (SSSR count). The van der Waals surface area contributed by atoms with E-state index in [1.165, 1.54) is 0 Å². The summed E-state index contributed by atoms with van der Waals surface area (Å²) >= 11 is 0. The molecule has 0 atom stereocenters. The minimum Gasteiger partial charge on any atom is -0.501 e. The number of carbonyl (C=O) groups excluding carboxylic acids is 1. The van der Waals surface area contributed by atoms with Crippen LogP contribution >= 0.6 is 0 Å². The molecule has 0 aromatic heterocycles. The number of ether oxygens (including phenoxy) is 1. The van der Waals surface area contributed by atoms with E-state index in [0.29, 0.717) is 6.42 Å². The molecule has 0 aromatic rings. The molecule has 0 spiro atoms. The van der Waals surface area contributed by atoms with Gasteiger partial charge in [0.25, 0.3) is 0 Å². The highest BCUT2D eigenvalue weighted by Crippen LogP contribution is 2.14. The molecule has 0 N–H and O–H groups in total. The molecule has 0 unspecified atom stereocenters. The largest absolute Gasteiger partial charge is 0.501 e. The summed E-state index contributed by atoms with van der Waals surface area (Å²) in [5.41, 5.74) is 0.